The molecule has 1 amide bonds. The summed E-state index contributed by atoms with van der Waals surface area (Å²) in [5, 5.41) is 2.77. The molecular weight excluding hydrogens is 364 g/mol. The van der Waals surface area contributed by atoms with E-state index in [9.17, 15) is 13.2 Å². The van der Waals surface area contributed by atoms with E-state index in [2.05, 4.69) is 5.32 Å². The van der Waals surface area contributed by atoms with Crippen LogP contribution in [0, 0.1) is 6.92 Å². The highest BCUT2D eigenvalue weighted by atomic mass is 32.2. The molecule has 0 aromatic heterocycles. The molecule has 0 spiro atoms. The third kappa shape index (κ3) is 5.30. The number of hydrogen-bond acceptors (Lipinski definition) is 4. The molecular formula is C20H26N2O4S. The minimum atomic E-state index is -3.77. The first-order chi connectivity index (χ1) is 12.9. The molecule has 27 heavy (non-hydrogen) atoms. The van der Waals surface area contributed by atoms with Crippen molar-refractivity contribution >= 4 is 21.6 Å². The molecule has 0 unspecified atom stereocenters. The lowest BCUT2D eigenvalue weighted by Gasteiger charge is -2.23. The lowest BCUT2D eigenvalue weighted by molar-refractivity contribution is 0.0948. The second kappa shape index (κ2) is 9.53. The van der Waals surface area contributed by atoms with Crippen molar-refractivity contribution in [2.24, 2.45) is 0 Å². The molecule has 1 N–H and O–H groups in total. The van der Waals surface area contributed by atoms with Gasteiger partial charge in [0.2, 0.25) is 0 Å². The standard InChI is InChI=1S/C20H26N2O4S/c1-4-22(18-10-5-8-16(2)14-18)27(24,25)19-11-6-9-17(15-19)20(23)21-12-7-13-26-3/h5-6,8-11,14-15H,4,7,12-13H2,1-3H3,(H,21,23). The van der Waals surface area contributed by atoms with Crippen LogP contribution >= 0.6 is 0 Å². The first kappa shape index (κ1) is 20.9. The number of aryl methyl sites for hydroxylation is 1. The lowest BCUT2D eigenvalue weighted by atomic mass is 10.2. The van der Waals surface area contributed by atoms with Crippen LogP contribution in [0.2, 0.25) is 0 Å². The maximum atomic E-state index is 13.1. The molecule has 7 heteroatoms. The van der Waals surface area contributed by atoms with Crippen molar-refractivity contribution in [2.45, 2.75) is 25.2 Å². The number of methoxy groups -OCH3 is 1. The Morgan fingerprint density at radius 2 is 1.89 bits per heavy atom. The van der Waals surface area contributed by atoms with E-state index in [-0.39, 0.29) is 10.8 Å². The summed E-state index contributed by atoms with van der Waals surface area (Å²) in [5.74, 6) is -0.304. The van der Waals surface area contributed by atoms with Crippen molar-refractivity contribution in [3.05, 3.63) is 59.7 Å². The van der Waals surface area contributed by atoms with Gasteiger partial charge in [-0.05, 0) is 56.2 Å². The summed E-state index contributed by atoms with van der Waals surface area (Å²) in [6.07, 6.45) is 0.692. The van der Waals surface area contributed by atoms with E-state index in [1.54, 1.807) is 32.2 Å². The highest BCUT2D eigenvalue weighted by Crippen LogP contribution is 2.24. The van der Waals surface area contributed by atoms with E-state index in [1.807, 2.05) is 25.1 Å². The van der Waals surface area contributed by atoms with Crippen LogP contribution in [-0.4, -0.2) is 41.1 Å². The first-order valence-electron chi connectivity index (χ1n) is 8.86. The SMILES string of the molecule is CCN(c1cccc(C)c1)S(=O)(=O)c1cccc(C(=O)NCCCOC)c1. The normalized spacial score (nSPS) is 11.2. The Balaban J connectivity index is 2.26. The van der Waals surface area contributed by atoms with Crippen molar-refractivity contribution in [1.82, 2.24) is 5.32 Å². The molecule has 2 aromatic rings. The van der Waals surface area contributed by atoms with Gasteiger partial charge in [-0.25, -0.2) is 8.42 Å². The number of ether oxygens (including phenoxy) is 1. The maximum Gasteiger partial charge on any atom is 0.264 e. The number of carbonyl (C=O) groups excluding carboxylic acids is 1. The molecule has 0 aliphatic heterocycles. The monoisotopic (exact) mass is 390 g/mol. The minimum Gasteiger partial charge on any atom is -0.385 e. The van der Waals surface area contributed by atoms with E-state index < -0.39 is 10.0 Å². The number of nitrogens with one attached hydrogen (secondary N) is 1. The molecule has 146 valence electrons. The quantitative estimate of drug-likeness (QED) is 0.668. The summed E-state index contributed by atoms with van der Waals surface area (Å²) < 4.78 is 32.5. The number of sulfonamides is 1. The van der Waals surface area contributed by atoms with E-state index in [1.165, 1.54) is 16.4 Å². The molecule has 2 aromatic carbocycles. The molecule has 0 fully saturated rings. The van der Waals surface area contributed by atoms with Crippen molar-refractivity contribution in [3.63, 3.8) is 0 Å². The van der Waals surface area contributed by atoms with Crippen LogP contribution in [0.25, 0.3) is 0 Å². The predicted molar refractivity (Wildman–Crippen MR) is 107 cm³/mol. The number of anilines is 1. The lowest BCUT2D eigenvalue weighted by Crippen LogP contribution is -2.31. The highest BCUT2D eigenvalue weighted by molar-refractivity contribution is 7.92. The van der Waals surface area contributed by atoms with Gasteiger partial charge in [-0.15, -0.1) is 0 Å². The van der Waals surface area contributed by atoms with Crippen LogP contribution in [0.5, 0.6) is 0 Å². The van der Waals surface area contributed by atoms with Crippen LogP contribution in [-0.2, 0) is 14.8 Å². The second-order valence-electron chi connectivity index (χ2n) is 6.14. The Labute approximate surface area is 161 Å². The summed E-state index contributed by atoms with van der Waals surface area (Å²) in [5.41, 5.74) is 1.89. The fourth-order valence-corrected chi connectivity index (χ4v) is 4.23. The fraction of sp³-hybridized carbons (Fsp3) is 0.350. The van der Waals surface area contributed by atoms with Crippen LogP contribution in [0.15, 0.2) is 53.4 Å². The average molecular weight is 391 g/mol. The van der Waals surface area contributed by atoms with Crippen LogP contribution in [0.1, 0.15) is 29.3 Å². The zero-order chi connectivity index (χ0) is 19.9. The largest absolute Gasteiger partial charge is 0.385 e. The molecule has 0 saturated carbocycles. The summed E-state index contributed by atoms with van der Waals surface area (Å²) in [6, 6.07) is 13.4. The Hall–Kier alpha value is -2.38. The van der Waals surface area contributed by atoms with Crippen LogP contribution in [0.4, 0.5) is 5.69 Å². The van der Waals surface area contributed by atoms with E-state index >= 15 is 0 Å². The van der Waals surface area contributed by atoms with E-state index in [0.717, 1.165) is 5.56 Å². The fourth-order valence-electron chi connectivity index (χ4n) is 2.72. The summed E-state index contributed by atoms with van der Waals surface area (Å²) in [6.45, 7) is 5.01. The Kier molecular flexibility index (Phi) is 7.38. The van der Waals surface area contributed by atoms with Gasteiger partial charge < -0.3 is 10.1 Å². The molecule has 0 saturated heterocycles. The molecule has 0 bridgehead atoms. The highest BCUT2D eigenvalue weighted by Gasteiger charge is 2.24. The van der Waals surface area contributed by atoms with Crippen LogP contribution < -0.4 is 9.62 Å². The predicted octanol–water partition coefficient (Wildman–Crippen LogP) is 2.98. The van der Waals surface area contributed by atoms with Crippen molar-refractivity contribution < 1.29 is 17.9 Å². The van der Waals surface area contributed by atoms with Crippen molar-refractivity contribution in [3.8, 4) is 0 Å². The van der Waals surface area contributed by atoms with Gasteiger partial charge in [0.05, 0.1) is 10.6 Å². The Bertz CT molecular complexity index is 881. The molecule has 0 aliphatic rings. The smallest absolute Gasteiger partial charge is 0.264 e. The number of amides is 1. The molecule has 6 nitrogen and oxygen atoms in total. The van der Waals surface area contributed by atoms with Gasteiger partial charge in [0.25, 0.3) is 15.9 Å². The van der Waals surface area contributed by atoms with Crippen molar-refractivity contribution in [2.75, 3.05) is 31.1 Å². The van der Waals surface area contributed by atoms with Gasteiger partial charge >= 0.3 is 0 Å². The first-order valence-corrected chi connectivity index (χ1v) is 10.3. The number of nitrogens with zero attached hydrogens (tertiary/aromatic N) is 1. The number of benzene rings is 2. The molecule has 0 radical (unpaired) electrons. The van der Waals surface area contributed by atoms with Gasteiger partial charge in [-0.1, -0.05) is 18.2 Å². The molecule has 0 heterocycles. The minimum absolute atomic E-state index is 0.0930. The van der Waals surface area contributed by atoms with E-state index in [4.69, 9.17) is 4.74 Å². The van der Waals surface area contributed by atoms with Gasteiger partial charge in [-0.2, -0.15) is 0 Å². The third-order valence-electron chi connectivity index (χ3n) is 4.07. The van der Waals surface area contributed by atoms with Gasteiger partial charge in [-0.3, -0.25) is 9.10 Å². The maximum absolute atomic E-state index is 13.1. The topological polar surface area (TPSA) is 75.7 Å². The zero-order valence-corrected chi connectivity index (χ0v) is 16.8. The number of hydrogen-bond donors (Lipinski definition) is 1. The van der Waals surface area contributed by atoms with Gasteiger partial charge in [0.15, 0.2) is 0 Å². The Morgan fingerprint density at radius 3 is 2.56 bits per heavy atom. The summed E-state index contributed by atoms with van der Waals surface area (Å²) in [7, 11) is -2.17. The molecule has 2 rings (SSSR count). The van der Waals surface area contributed by atoms with Gasteiger partial charge in [0, 0.05) is 32.4 Å². The summed E-state index contributed by atoms with van der Waals surface area (Å²) in [4.78, 5) is 12.4. The Morgan fingerprint density at radius 1 is 1.15 bits per heavy atom. The average Bonchev–Trinajstić information content (AvgIpc) is 2.65. The zero-order valence-electron chi connectivity index (χ0n) is 15.9. The van der Waals surface area contributed by atoms with Gasteiger partial charge in [0.1, 0.15) is 0 Å². The van der Waals surface area contributed by atoms with Crippen molar-refractivity contribution in [1.29, 1.82) is 0 Å². The third-order valence-corrected chi connectivity index (χ3v) is 5.97. The summed E-state index contributed by atoms with van der Waals surface area (Å²) >= 11 is 0. The molecule has 0 atom stereocenters. The van der Waals surface area contributed by atoms with Crippen LogP contribution in [0.3, 0.4) is 0 Å². The second-order valence-corrected chi connectivity index (χ2v) is 8.00. The molecule has 0 aliphatic carbocycles. The number of rotatable bonds is 9. The van der Waals surface area contributed by atoms with E-state index in [0.29, 0.717) is 37.4 Å². The number of carbonyl (C=O) groups is 1.